The molecule has 23 heteroatoms. The quantitative estimate of drug-likeness (QED) is 0.0239. The maximum Gasteiger partial charge on any atom is 0.323 e. The maximum absolute atomic E-state index is 12.4. The minimum absolute atomic E-state index is 0. The summed E-state index contributed by atoms with van der Waals surface area (Å²) in [5.41, 5.74) is 7.70. The van der Waals surface area contributed by atoms with Crippen molar-refractivity contribution in [3.63, 3.8) is 0 Å². The van der Waals surface area contributed by atoms with Crippen LogP contribution in [0.4, 0.5) is 22.7 Å². The molecule has 6 aromatic rings. The number of nitrogens with two attached hydrogens (primary N) is 1. The molecule has 2 amide bonds. The largest absolute Gasteiger partial charge is 0.510 e. The Morgan fingerprint density at radius 1 is 0.690 bits per heavy atom. The van der Waals surface area contributed by atoms with Gasteiger partial charge in [0.05, 0.1) is 44.0 Å². The summed E-state index contributed by atoms with van der Waals surface area (Å²) in [6.45, 7) is 2.59. The number of amides is 2. The van der Waals surface area contributed by atoms with Crippen molar-refractivity contribution >= 4 is 82.7 Å². The number of ketones is 1. The van der Waals surface area contributed by atoms with Crippen LogP contribution in [0.25, 0.3) is 22.1 Å². The van der Waals surface area contributed by atoms with Crippen LogP contribution in [0.2, 0.25) is 0 Å². The van der Waals surface area contributed by atoms with Gasteiger partial charge in [0, 0.05) is 17.1 Å². The lowest BCUT2D eigenvalue weighted by Gasteiger charge is -2.06. The van der Waals surface area contributed by atoms with Gasteiger partial charge < -0.3 is 41.4 Å². The van der Waals surface area contributed by atoms with E-state index in [0.717, 1.165) is 12.1 Å². The van der Waals surface area contributed by atoms with E-state index in [-0.39, 0.29) is 41.8 Å². The molecule has 21 nitrogen and oxygen atoms in total. The minimum Gasteiger partial charge on any atom is -0.510 e. The predicted molar refractivity (Wildman–Crippen MR) is 214 cm³/mol. The number of aliphatic hydroxyl groups excluding tert-OH is 1. The lowest BCUT2D eigenvalue weighted by Crippen LogP contribution is -2.14. The van der Waals surface area contributed by atoms with E-state index in [1.54, 1.807) is 30.3 Å². The summed E-state index contributed by atoms with van der Waals surface area (Å²) in [5.74, 6) is -1.77. The smallest absolute Gasteiger partial charge is 0.323 e. The summed E-state index contributed by atoms with van der Waals surface area (Å²) < 4.78 is 60.9. The van der Waals surface area contributed by atoms with Crippen LogP contribution in [0.1, 0.15) is 27.7 Å². The number of azo groups is 1. The number of anilines is 3. The number of allylic oxidation sites excluding steroid dienone is 1. The highest BCUT2D eigenvalue weighted by molar-refractivity contribution is 7.86. The van der Waals surface area contributed by atoms with Crippen LogP contribution in [-0.2, 0) is 34.6 Å². The van der Waals surface area contributed by atoms with Crippen molar-refractivity contribution in [1.29, 1.82) is 0 Å². The van der Waals surface area contributed by atoms with Gasteiger partial charge in [0.1, 0.15) is 11.5 Å². The number of rotatable bonds is 9. The van der Waals surface area contributed by atoms with Crippen molar-refractivity contribution in [1.82, 2.24) is 19.9 Å². The number of fused-ring (bicyclic) bond motifs is 2. The fourth-order valence-corrected chi connectivity index (χ4v) is 5.67. The Balaban J connectivity index is 0.000000261. The van der Waals surface area contributed by atoms with Crippen LogP contribution < -0.4 is 27.7 Å². The van der Waals surface area contributed by atoms with Crippen molar-refractivity contribution in [3.05, 3.63) is 117 Å². The first kappa shape index (κ1) is 45.2. The van der Waals surface area contributed by atoms with Crippen LogP contribution in [0.15, 0.2) is 126 Å². The molecule has 0 saturated heterocycles. The molecule has 11 N–H and O–H groups in total. The van der Waals surface area contributed by atoms with E-state index in [4.69, 9.17) is 14.8 Å². The highest BCUT2D eigenvalue weighted by atomic mass is 32.2. The van der Waals surface area contributed by atoms with Crippen molar-refractivity contribution in [3.8, 4) is 0 Å². The molecule has 6 rings (SSSR count). The number of aliphatic hydroxyl groups is 1. The zero-order valence-corrected chi connectivity index (χ0v) is 31.2. The molecule has 58 heavy (non-hydrogen) atoms. The highest BCUT2D eigenvalue weighted by Gasteiger charge is 2.15. The van der Waals surface area contributed by atoms with Crippen molar-refractivity contribution in [2.24, 2.45) is 10.2 Å². The molecule has 0 aliphatic rings. The fourth-order valence-electron chi connectivity index (χ4n) is 4.61. The number of nitrogen functional groups attached to an aromatic ring is 1. The van der Waals surface area contributed by atoms with Gasteiger partial charge in [-0.25, -0.2) is 9.59 Å². The summed E-state index contributed by atoms with van der Waals surface area (Å²) in [5, 5.41) is 22.3. The molecule has 0 saturated carbocycles. The molecule has 0 spiro atoms. The molecular formula is C35H37N9O12S2. The SMILES string of the molecule is C.CC(=O)CC(=O)Nc1ccc2[nH]c(=O)[nH]c2c1.CC(O)=C(N=Nc1cccc(S(=O)(=O)O)c1)C(=O)Nc1ccc2[nH]c(=O)[nH]c2c1.Nc1cccc(S(=O)(=O)O)c1. The number of nitrogens with one attached hydrogen (secondary N) is 6. The number of aromatic amines is 4. The molecule has 0 aliphatic carbocycles. The van der Waals surface area contributed by atoms with E-state index in [1.807, 2.05) is 0 Å². The van der Waals surface area contributed by atoms with E-state index in [2.05, 4.69) is 40.8 Å². The van der Waals surface area contributed by atoms with Gasteiger partial charge in [0.2, 0.25) is 5.91 Å². The van der Waals surface area contributed by atoms with E-state index >= 15 is 0 Å². The van der Waals surface area contributed by atoms with Gasteiger partial charge in [-0.2, -0.15) is 21.9 Å². The average molecular weight is 840 g/mol. The summed E-state index contributed by atoms with van der Waals surface area (Å²) in [6.07, 6.45) is -0.151. The number of Topliss-reactive ketones (excluding diaryl/α,β-unsaturated/α-hetero) is 1. The summed E-state index contributed by atoms with van der Waals surface area (Å²) in [4.78, 5) is 66.6. The van der Waals surface area contributed by atoms with Gasteiger partial charge in [-0.3, -0.25) is 23.5 Å². The van der Waals surface area contributed by atoms with Crippen molar-refractivity contribution < 1.29 is 45.4 Å². The van der Waals surface area contributed by atoms with Crippen molar-refractivity contribution in [2.45, 2.75) is 37.5 Å². The van der Waals surface area contributed by atoms with Crippen LogP contribution in [0.3, 0.4) is 0 Å². The van der Waals surface area contributed by atoms with Crippen molar-refractivity contribution in [2.75, 3.05) is 16.4 Å². The number of hydrogen-bond donors (Lipinski definition) is 10. The van der Waals surface area contributed by atoms with Crippen LogP contribution in [-0.4, -0.2) is 68.6 Å². The number of benzene rings is 4. The third-order valence-electron chi connectivity index (χ3n) is 7.08. The minimum atomic E-state index is -4.42. The monoisotopic (exact) mass is 839 g/mol. The Hall–Kier alpha value is -7.21. The average Bonchev–Trinajstić information content (AvgIpc) is 3.67. The first-order valence-electron chi connectivity index (χ1n) is 15.9. The molecule has 0 aliphatic heterocycles. The number of carbonyl (C=O) groups excluding carboxylic acids is 3. The number of carbonyl (C=O) groups is 3. The van der Waals surface area contributed by atoms with Gasteiger partial charge in [0.15, 0.2) is 5.70 Å². The summed E-state index contributed by atoms with van der Waals surface area (Å²) in [7, 11) is -8.53. The third kappa shape index (κ3) is 13.2. The zero-order valence-electron chi connectivity index (χ0n) is 29.6. The van der Waals surface area contributed by atoms with E-state index in [9.17, 15) is 45.9 Å². The molecule has 0 fully saturated rings. The van der Waals surface area contributed by atoms with Gasteiger partial charge >= 0.3 is 11.4 Å². The predicted octanol–water partition coefficient (Wildman–Crippen LogP) is 4.54. The lowest BCUT2D eigenvalue weighted by molar-refractivity contribution is -0.124. The van der Waals surface area contributed by atoms with Gasteiger partial charge in [0.25, 0.3) is 26.1 Å². The molecule has 4 aromatic carbocycles. The number of hydrogen-bond acceptors (Lipinski definition) is 13. The second-order valence-corrected chi connectivity index (χ2v) is 14.6. The number of nitrogens with zero attached hydrogens (tertiary/aromatic N) is 2. The Bertz CT molecular complexity index is 2890. The van der Waals surface area contributed by atoms with Gasteiger partial charge in [-0.05, 0) is 86.6 Å². The van der Waals surface area contributed by atoms with Crippen LogP contribution in [0, 0.1) is 0 Å². The number of imidazole rings is 2. The lowest BCUT2D eigenvalue weighted by atomic mass is 10.2. The molecule has 2 heterocycles. The van der Waals surface area contributed by atoms with E-state index in [0.29, 0.717) is 39.1 Å². The Morgan fingerprint density at radius 2 is 1.17 bits per heavy atom. The summed E-state index contributed by atoms with van der Waals surface area (Å²) in [6, 6.07) is 20.0. The molecule has 0 radical (unpaired) electrons. The molecule has 0 atom stereocenters. The first-order chi connectivity index (χ1) is 26.7. The van der Waals surface area contributed by atoms with E-state index in [1.165, 1.54) is 56.3 Å². The highest BCUT2D eigenvalue weighted by Crippen LogP contribution is 2.21. The molecule has 0 unspecified atom stereocenters. The molecule has 0 bridgehead atoms. The van der Waals surface area contributed by atoms with Crippen LogP contribution in [0.5, 0.6) is 0 Å². The van der Waals surface area contributed by atoms with Gasteiger partial charge in [-0.15, -0.1) is 5.11 Å². The second-order valence-electron chi connectivity index (χ2n) is 11.7. The second kappa shape index (κ2) is 19.1. The molecule has 306 valence electrons. The third-order valence-corrected chi connectivity index (χ3v) is 8.78. The number of H-pyrrole nitrogens is 4. The Kier molecular flexibility index (Phi) is 14.9. The number of aromatic nitrogens is 4. The molecular weight excluding hydrogens is 803 g/mol. The maximum atomic E-state index is 12.4. The Morgan fingerprint density at radius 3 is 1.64 bits per heavy atom. The standard InChI is InChI=1S/C17H15N5O6S.C11H11N3O3.C6H7NO3S.CH4/c1-9(23)15(22-21-11-3-2-4-12(7-11)29(26,27)28)16(24)18-10-5-6-13-14(8-10)20-17(25)19-13;1-6(15)4-10(16)12-7-2-3-8-9(5-7)14-11(17)13-8;7-5-2-1-3-6(4-5)11(8,9)10;/h2-8,23H,1H3,(H,18,24)(H2,19,20,25)(H,26,27,28);2-3,5H,4H2,1H3,(H,12,16)(H2,13,14,17);1-4H,7H2,(H,8,9,10);1H4. The normalized spacial score (nSPS) is 11.7. The summed E-state index contributed by atoms with van der Waals surface area (Å²) >= 11 is 0. The van der Waals surface area contributed by atoms with Crippen LogP contribution >= 0.6 is 0 Å². The molecule has 2 aromatic heterocycles. The zero-order chi connectivity index (χ0) is 42.1. The fraction of sp³-hybridized carbons (Fsp3) is 0.114. The Labute approximate surface area is 328 Å². The van der Waals surface area contributed by atoms with E-state index < -0.39 is 48.2 Å². The topological polar surface area (TPSA) is 352 Å². The van der Waals surface area contributed by atoms with Gasteiger partial charge in [-0.1, -0.05) is 19.6 Å². The first-order valence-corrected chi connectivity index (χ1v) is 18.8.